The Bertz CT molecular complexity index is 807. The minimum Gasteiger partial charge on any atom is -0.360 e. The second-order valence-corrected chi connectivity index (χ2v) is 6.39. The van der Waals surface area contributed by atoms with E-state index in [1.54, 1.807) is 16.7 Å². The molecule has 1 aromatic carbocycles. The zero-order chi connectivity index (χ0) is 18.7. The number of aromatic nitrogens is 1. The Balaban J connectivity index is 1.79. The Hall–Kier alpha value is -2.83. The molecule has 0 atom stereocenters. The monoisotopic (exact) mass is 356 g/mol. The first-order chi connectivity index (χ1) is 12.5. The van der Waals surface area contributed by atoms with Crippen LogP contribution in [0.25, 0.3) is 11.3 Å². The number of hydrogen-bond acceptors (Lipinski definition) is 4. The number of aryl methyl sites for hydroxylation is 2. The molecule has 0 radical (unpaired) electrons. The summed E-state index contributed by atoms with van der Waals surface area (Å²) in [4.78, 5) is 28.5. The van der Waals surface area contributed by atoms with Crippen molar-refractivity contribution in [1.29, 1.82) is 0 Å². The van der Waals surface area contributed by atoms with Crippen molar-refractivity contribution in [2.24, 2.45) is 0 Å². The van der Waals surface area contributed by atoms with E-state index in [0.29, 0.717) is 49.7 Å². The molecule has 7 heteroatoms. The topological polar surface area (TPSA) is 78.7 Å². The second-order valence-electron chi connectivity index (χ2n) is 6.39. The number of hydrogen-bond donors (Lipinski definition) is 1. The van der Waals surface area contributed by atoms with E-state index in [1.165, 1.54) is 0 Å². The lowest BCUT2D eigenvalue weighted by Crippen LogP contribution is -2.53. The highest BCUT2D eigenvalue weighted by Crippen LogP contribution is 2.29. The van der Waals surface area contributed by atoms with Gasteiger partial charge >= 0.3 is 6.03 Å². The minimum atomic E-state index is -0.0995. The number of benzene rings is 1. The van der Waals surface area contributed by atoms with E-state index in [-0.39, 0.29) is 11.9 Å². The molecular weight excluding hydrogens is 332 g/mol. The average molecular weight is 356 g/mol. The van der Waals surface area contributed by atoms with Crippen LogP contribution in [0.1, 0.15) is 28.6 Å². The first-order valence-corrected chi connectivity index (χ1v) is 8.87. The molecule has 0 bridgehead atoms. The summed E-state index contributed by atoms with van der Waals surface area (Å²) in [5.41, 5.74) is 3.02. The zero-order valence-corrected chi connectivity index (χ0v) is 15.4. The van der Waals surface area contributed by atoms with Crippen LogP contribution in [0.4, 0.5) is 4.79 Å². The third-order valence-electron chi connectivity index (χ3n) is 4.66. The van der Waals surface area contributed by atoms with Crippen molar-refractivity contribution in [2.45, 2.75) is 20.8 Å². The molecule has 1 saturated heterocycles. The third-order valence-corrected chi connectivity index (χ3v) is 4.66. The first kappa shape index (κ1) is 18.0. The molecule has 26 heavy (non-hydrogen) atoms. The first-order valence-electron chi connectivity index (χ1n) is 8.87. The van der Waals surface area contributed by atoms with Crippen molar-refractivity contribution in [3.05, 3.63) is 41.2 Å². The standard InChI is InChI=1S/C19H24N4O3/c1-4-20-19(25)23-11-9-22(10-12-23)18(24)16-14(3)26-21-17(16)15-8-6-5-7-13(15)2/h5-8H,4,9-12H2,1-3H3,(H,20,25). The summed E-state index contributed by atoms with van der Waals surface area (Å²) in [7, 11) is 0. The van der Waals surface area contributed by atoms with E-state index >= 15 is 0 Å². The van der Waals surface area contributed by atoms with Crippen molar-refractivity contribution < 1.29 is 14.1 Å². The molecular formula is C19H24N4O3. The van der Waals surface area contributed by atoms with Gasteiger partial charge in [-0.15, -0.1) is 0 Å². The minimum absolute atomic E-state index is 0.0821. The van der Waals surface area contributed by atoms with Crippen LogP contribution in [0.2, 0.25) is 0 Å². The van der Waals surface area contributed by atoms with Gasteiger partial charge in [-0.3, -0.25) is 4.79 Å². The highest BCUT2D eigenvalue weighted by atomic mass is 16.5. The molecule has 0 aliphatic carbocycles. The largest absolute Gasteiger partial charge is 0.360 e. The fourth-order valence-corrected chi connectivity index (χ4v) is 3.18. The maximum atomic E-state index is 13.1. The van der Waals surface area contributed by atoms with Gasteiger partial charge in [0.05, 0.1) is 0 Å². The highest BCUT2D eigenvalue weighted by molar-refractivity contribution is 6.01. The predicted octanol–water partition coefficient (Wildman–Crippen LogP) is 2.45. The molecule has 1 aliphatic heterocycles. The van der Waals surface area contributed by atoms with Crippen LogP contribution in [0, 0.1) is 13.8 Å². The van der Waals surface area contributed by atoms with Gasteiger partial charge in [-0.1, -0.05) is 29.4 Å². The van der Waals surface area contributed by atoms with Crippen molar-refractivity contribution in [2.75, 3.05) is 32.7 Å². The number of carbonyl (C=O) groups is 2. The van der Waals surface area contributed by atoms with E-state index in [0.717, 1.165) is 11.1 Å². The average Bonchev–Trinajstić information content (AvgIpc) is 3.03. The number of amides is 3. The molecule has 1 aliphatic rings. The van der Waals surface area contributed by atoms with E-state index in [9.17, 15) is 9.59 Å². The fraction of sp³-hybridized carbons (Fsp3) is 0.421. The highest BCUT2D eigenvalue weighted by Gasteiger charge is 2.30. The van der Waals surface area contributed by atoms with Gasteiger partial charge in [0.25, 0.3) is 5.91 Å². The van der Waals surface area contributed by atoms with Crippen molar-refractivity contribution in [3.63, 3.8) is 0 Å². The van der Waals surface area contributed by atoms with Gasteiger partial charge in [0, 0.05) is 38.3 Å². The predicted molar refractivity (Wildman–Crippen MR) is 98.0 cm³/mol. The van der Waals surface area contributed by atoms with Gasteiger partial charge in [-0.2, -0.15) is 0 Å². The van der Waals surface area contributed by atoms with Crippen LogP contribution in [-0.2, 0) is 0 Å². The van der Waals surface area contributed by atoms with Gasteiger partial charge in [0.15, 0.2) is 0 Å². The quantitative estimate of drug-likeness (QED) is 0.916. The molecule has 0 spiro atoms. The number of urea groups is 1. The van der Waals surface area contributed by atoms with E-state index in [2.05, 4.69) is 10.5 Å². The Morgan fingerprint density at radius 2 is 1.77 bits per heavy atom. The Labute approximate surface area is 152 Å². The van der Waals surface area contributed by atoms with Crippen LogP contribution in [0.15, 0.2) is 28.8 Å². The summed E-state index contributed by atoms with van der Waals surface area (Å²) in [6, 6.07) is 7.72. The van der Waals surface area contributed by atoms with Gasteiger partial charge in [-0.05, 0) is 26.3 Å². The summed E-state index contributed by atoms with van der Waals surface area (Å²) in [5, 5.41) is 6.92. The lowest BCUT2D eigenvalue weighted by atomic mass is 10.0. The Kier molecular flexibility index (Phi) is 5.25. The van der Waals surface area contributed by atoms with Crippen LogP contribution in [-0.4, -0.2) is 59.6 Å². The molecule has 3 amide bonds. The summed E-state index contributed by atoms with van der Waals surface area (Å²) >= 11 is 0. The molecule has 0 saturated carbocycles. The fourth-order valence-electron chi connectivity index (χ4n) is 3.18. The number of nitrogens with zero attached hydrogens (tertiary/aromatic N) is 3. The lowest BCUT2D eigenvalue weighted by Gasteiger charge is -2.34. The van der Waals surface area contributed by atoms with Gasteiger partial charge in [0.1, 0.15) is 17.0 Å². The Morgan fingerprint density at radius 1 is 1.12 bits per heavy atom. The van der Waals surface area contributed by atoms with Crippen LogP contribution in [0.3, 0.4) is 0 Å². The van der Waals surface area contributed by atoms with Crippen LogP contribution in [0.5, 0.6) is 0 Å². The zero-order valence-electron chi connectivity index (χ0n) is 15.4. The summed E-state index contributed by atoms with van der Waals surface area (Å²) in [6.45, 7) is 8.24. The van der Waals surface area contributed by atoms with Crippen molar-refractivity contribution >= 4 is 11.9 Å². The van der Waals surface area contributed by atoms with E-state index in [4.69, 9.17) is 4.52 Å². The second kappa shape index (κ2) is 7.59. The number of rotatable bonds is 3. The summed E-state index contributed by atoms with van der Waals surface area (Å²) in [5.74, 6) is 0.414. The smallest absolute Gasteiger partial charge is 0.317 e. The molecule has 7 nitrogen and oxygen atoms in total. The lowest BCUT2D eigenvalue weighted by molar-refractivity contribution is 0.0664. The normalized spacial score (nSPS) is 14.4. The van der Waals surface area contributed by atoms with Crippen LogP contribution >= 0.6 is 0 Å². The van der Waals surface area contributed by atoms with Gasteiger partial charge < -0.3 is 19.6 Å². The maximum absolute atomic E-state index is 13.1. The number of piperazine rings is 1. The molecule has 3 rings (SSSR count). The molecule has 2 heterocycles. The summed E-state index contributed by atoms with van der Waals surface area (Å²) < 4.78 is 5.34. The molecule has 1 aromatic heterocycles. The number of carbonyl (C=O) groups excluding carboxylic acids is 2. The molecule has 1 N–H and O–H groups in total. The van der Waals surface area contributed by atoms with Crippen molar-refractivity contribution in [3.8, 4) is 11.3 Å². The third kappa shape index (κ3) is 3.42. The summed E-state index contributed by atoms with van der Waals surface area (Å²) in [6.07, 6.45) is 0. The molecule has 0 unspecified atom stereocenters. The van der Waals surface area contributed by atoms with E-state index in [1.807, 2.05) is 38.1 Å². The molecule has 2 aromatic rings. The number of nitrogens with one attached hydrogen (secondary N) is 1. The van der Waals surface area contributed by atoms with Gasteiger partial charge in [0.2, 0.25) is 0 Å². The van der Waals surface area contributed by atoms with Crippen molar-refractivity contribution in [1.82, 2.24) is 20.3 Å². The van der Waals surface area contributed by atoms with E-state index < -0.39 is 0 Å². The Morgan fingerprint density at radius 3 is 2.42 bits per heavy atom. The SMILES string of the molecule is CCNC(=O)N1CCN(C(=O)c2c(-c3ccccc3C)noc2C)CC1. The molecule has 138 valence electrons. The maximum Gasteiger partial charge on any atom is 0.317 e. The van der Waals surface area contributed by atoms with Gasteiger partial charge in [-0.25, -0.2) is 4.79 Å². The molecule has 1 fully saturated rings. The van der Waals surface area contributed by atoms with Crippen LogP contribution < -0.4 is 5.32 Å².